The van der Waals surface area contributed by atoms with Gasteiger partial charge in [0.05, 0.1) is 5.41 Å². The van der Waals surface area contributed by atoms with Gasteiger partial charge in [0.15, 0.2) is 0 Å². The van der Waals surface area contributed by atoms with Crippen LogP contribution < -0.4 is 0 Å². The summed E-state index contributed by atoms with van der Waals surface area (Å²) in [6, 6.07) is 0. The standard InChI is InChI=1S/C22H36O3/c1-5-9-22(4,14(2)3)21(24)25-20-12-16-11-18(20)19(13-23)17(16)10-15-7-6-8-15/h5,9,14-20,23H,6-8,10-13H2,1-4H3/b9-5-. The van der Waals surface area contributed by atoms with Crippen LogP contribution in [-0.2, 0) is 9.53 Å². The van der Waals surface area contributed by atoms with Gasteiger partial charge in [-0.3, -0.25) is 4.79 Å². The third kappa shape index (κ3) is 3.41. The second kappa shape index (κ2) is 7.42. The van der Waals surface area contributed by atoms with Crippen molar-refractivity contribution in [2.24, 2.45) is 40.9 Å². The Morgan fingerprint density at radius 2 is 2.00 bits per heavy atom. The molecule has 0 saturated heterocycles. The van der Waals surface area contributed by atoms with Crippen molar-refractivity contribution in [3.63, 3.8) is 0 Å². The number of ether oxygens (including phenoxy) is 1. The van der Waals surface area contributed by atoms with Crippen LogP contribution in [0.2, 0.25) is 0 Å². The first-order valence-corrected chi connectivity index (χ1v) is 10.4. The van der Waals surface area contributed by atoms with Gasteiger partial charge in [-0.05, 0) is 62.7 Å². The van der Waals surface area contributed by atoms with E-state index in [0.29, 0.717) is 23.7 Å². The Morgan fingerprint density at radius 1 is 1.28 bits per heavy atom. The predicted octanol–water partition coefficient (Wildman–Crippen LogP) is 4.59. The molecule has 0 heterocycles. The summed E-state index contributed by atoms with van der Waals surface area (Å²) in [7, 11) is 0. The summed E-state index contributed by atoms with van der Waals surface area (Å²) in [5.41, 5.74) is -0.559. The largest absolute Gasteiger partial charge is 0.461 e. The van der Waals surface area contributed by atoms with Gasteiger partial charge < -0.3 is 9.84 Å². The van der Waals surface area contributed by atoms with Gasteiger partial charge in [-0.25, -0.2) is 0 Å². The zero-order valence-electron chi connectivity index (χ0n) is 16.4. The number of fused-ring (bicyclic) bond motifs is 2. The number of esters is 1. The average Bonchev–Trinajstić information content (AvgIpc) is 3.07. The van der Waals surface area contributed by atoms with E-state index in [-0.39, 0.29) is 24.6 Å². The molecular formula is C22H36O3. The summed E-state index contributed by atoms with van der Waals surface area (Å²) in [5.74, 6) is 3.00. The van der Waals surface area contributed by atoms with E-state index in [9.17, 15) is 9.90 Å². The fourth-order valence-corrected chi connectivity index (χ4v) is 5.53. The van der Waals surface area contributed by atoms with E-state index in [1.165, 1.54) is 25.7 Å². The first-order valence-electron chi connectivity index (χ1n) is 10.4. The van der Waals surface area contributed by atoms with E-state index in [1.807, 2.05) is 26.0 Å². The molecule has 0 aliphatic heterocycles. The van der Waals surface area contributed by atoms with Gasteiger partial charge in [0.1, 0.15) is 6.10 Å². The second-order valence-corrected chi connectivity index (χ2v) is 9.32. The van der Waals surface area contributed by atoms with E-state index >= 15 is 0 Å². The topological polar surface area (TPSA) is 46.5 Å². The van der Waals surface area contributed by atoms with E-state index in [1.54, 1.807) is 0 Å². The zero-order valence-corrected chi connectivity index (χ0v) is 16.4. The lowest BCUT2D eigenvalue weighted by atomic mass is 9.70. The van der Waals surface area contributed by atoms with Gasteiger partial charge >= 0.3 is 5.97 Å². The van der Waals surface area contributed by atoms with Crippen molar-refractivity contribution in [1.82, 2.24) is 0 Å². The Morgan fingerprint density at radius 3 is 2.52 bits per heavy atom. The van der Waals surface area contributed by atoms with Crippen LogP contribution in [0.1, 0.15) is 66.2 Å². The molecule has 3 aliphatic rings. The molecule has 3 heteroatoms. The summed E-state index contributed by atoms with van der Waals surface area (Å²) in [5, 5.41) is 9.99. The van der Waals surface area contributed by atoms with Gasteiger partial charge in [0.25, 0.3) is 0 Å². The minimum absolute atomic E-state index is 0.00983. The lowest BCUT2D eigenvalue weighted by Crippen LogP contribution is -2.41. The summed E-state index contributed by atoms with van der Waals surface area (Å²) in [6.45, 7) is 8.35. The van der Waals surface area contributed by atoms with Gasteiger partial charge in [-0.15, -0.1) is 0 Å². The van der Waals surface area contributed by atoms with Crippen molar-refractivity contribution in [2.75, 3.05) is 6.61 Å². The number of carbonyl (C=O) groups is 1. The zero-order chi connectivity index (χ0) is 18.2. The van der Waals surface area contributed by atoms with Gasteiger partial charge in [-0.2, -0.15) is 0 Å². The molecule has 0 amide bonds. The second-order valence-electron chi connectivity index (χ2n) is 9.32. The first-order chi connectivity index (χ1) is 11.9. The summed E-state index contributed by atoms with van der Waals surface area (Å²) < 4.78 is 6.05. The van der Waals surface area contributed by atoms with Gasteiger partial charge in [0.2, 0.25) is 0 Å². The summed E-state index contributed by atoms with van der Waals surface area (Å²) in [6.07, 6.45) is 11.5. The van der Waals surface area contributed by atoms with Crippen molar-refractivity contribution >= 4 is 5.97 Å². The SMILES string of the molecule is C/C=C\C(C)(C(=O)OC1CC2CC1C(CO)C2CC1CCC1)C(C)C. The molecule has 0 spiro atoms. The Bertz CT molecular complexity index is 507. The average molecular weight is 349 g/mol. The number of rotatable bonds is 7. The molecule has 3 nitrogen and oxygen atoms in total. The Hall–Kier alpha value is -0.830. The summed E-state index contributed by atoms with van der Waals surface area (Å²) in [4.78, 5) is 12.9. The molecule has 0 aromatic heterocycles. The summed E-state index contributed by atoms with van der Waals surface area (Å²) >= 11 is 0. The van der Waals surface area contributed by atoms with Crippen LogP contribution in [0.15, 0.2) is 12.2 Å². The first kappa shape index (κ1) is 18.9. The molecule has 0 aromatic carbocycles. The van der Waals surface area contributed by atoms with Crippen LogP contribution in [-0.4, -0.2) is 23.8 Å². The third-order valence-electron chi connectivity index (χ3n) is 7.74. The quantitative estimate of drug-likeness (QED) is 0.540. The number of carbonyl (C=O) groups excluding carboxylic acids is 1. The highest BCUT2D eigenvalue weighted by molar-refractivity contribution is 5.79. The maximum Gasteiger partial charge on any atom is 0.316 e. The third-order valence-corrected chi connectivity index (χ3v) is 7.74. The normalized spacial score (nSPS) is 37.4. The molecule has 142 valence electrons. The van der Waals surface area contributed by atoms with Crippen LogP contribution >= 0.6 is 0 Å². The van der Waals surface area contributed by atoms with Crippen LogP contribution in [0, 0.1) is 40.9 Å². The Labute approximate surface area is 153 Å². The highest BCUT2D eigenvalue weighted by Crippen LogP contribution is 2.56. The minimum atomic E-state index is -0.559. The molecule has 3 rings (SSSR count). The van der Waals surface area contributed by atoms with E-state index in [4.69, 9.17) is 4.74 Å². The molecule has 3 saturated carbocycles. The lowest BCUT2D eigenvalue weighted by molar-refractivity contribution is -0.165. The van der Waals surface area contributed by atoms with E-state index in [0.717, 1.165) is 18.8 Å². The number of allylic oxidation sites excluding steroid dienone is 1. The number of hydrogen-bond donors (Lipinski definition) is 1. The van der Waals surface area contributed by atoms with Crippen LogP contribution in [0.3, 0.4) is 0 Å². The molecule has 1 N–H and O–H groups in total. The molecule has 2 bridgehead atoms. The van der Waals surface area contributed by atoms with Crippen molar-refractivity contribution in [1.29, 1.82) is 0 Å². The minimum Gasteiger partial charge on any atom is -0.461 e. The highest BCUT2D eigenvalue weighted by atomic mass is 16.5. The molecule has 6 atom stereocenters. The molecule has 3 fully saturated rings. The van der Waals surface area contributed by atoms with Crippen molar-refractivity contribution in [3.05, 3.63) is 12.2 Å². The molecule has 3 aliphatic carbocycles. The van der Waals surface area contributed by atoms with E-state index in [2.05, 4.69) is 13.8 Å². The van der Waals surface area contributed by atoms with Gasteiger partial charge in [0, 0.05) is 12.5 Å². The number of aliphatic hydroxyl groups excluding tert-OH is 1. The van der Waals surface area contributed by atoms with Gasteiger partial charge in [-0.1, -0.05) is 45.3 Å². The van der Waals surface area contributed by atoms with Crippen molar-refractivity contribution in [3.8, 4) is 0 Å². The van der Waals surface area contributed by atoms with E-state index < -0.39 is 5.41 Å². The maximum atomic E-state index is 12.9. The molecule has 0 radical (unpaired) electrons. The lowest BCUT2D eigenvalue weighted by Gasteiger charge is -2.39. The van der Waals surface area contributed by atoms with Crippen molar-refractivity contribution in [2.45, 2.75) is 72.3 Å². The molecule has 6 unspecified atom stereocenters. The van der Waals surface area contributed by atoms with Crippen LogP contribution in [0.5, 0.6) is 0 Å². The predicted molar refractivity (Wildman–Crippen MR) is 99.9 cm³/mol. The molecule has 25 heavy (non-hydrogen) atoms. The number of hydrogen-bond acceptors (Lipinski definition) is 3. The Balaban J connectivity index is 1.65. The Kier molecular flexibility index (Phi) is 5.63. The molecule has 0 aromatic rings. The number of aliphatic hydroxyl groups is 1. The van der Waals surface area contributed by atoms with Crippen LogP contribution in [0.25, 0.3) is 0 Å². The maximum absolute atomic E-state index is 12.9. The fourth-order valence-electron chi connectivity index (χ4n) is 5.53. The fraction of sp³-hybridized carbons (Fsp3) is 0.864. The van der Waals surface area contributed by atoms with Crippen molar-refractivity contribution < 1.29 is 14.6 Å². The van der Waals surface area contributed by atoms with Crippen LogP contribution in [0.4, 0.5) is 0 Å². The smallest absolute Gasteiger partial charge is 0.316 e. The molecular weight excluding hydrogens is 312 g/mol. The monoisotopic (exact) mass is 348 g/mol. The highest BCUT2D eigenvalue weighted by Gasteiger charge is 2.54.